The third-order valence-corrected chi connectivity index (χ3v) is 3.69. The molecule has 1 saturated carbocycles. The van der Waals surface area contributed by atoms with Crippen LogP contribution in [0.3, 0.4) is 0 Å². The van der Waals surface area contributed by atoms with Crippen LogP contribution in [0.5, 0.6) is 0 Å². The molecule has 3 unspecified atom stereocenters. The Morgan fingerprint density at radius 1 is 1.57 bits per heavy atom. The summed E-state index contributed by atoms with van der Waals surface area (Å²) in [6.45, 7) is 4.42. The van der Waals surface area contributed by atoms with E-state index in [2.05, 4.69) is 24.0 Å². The number of hydrogen-bond donors (Lipinski definition) is 1. The smallest absolute Gasteiger partial charge is 0.213 e. The molecular weight excluding hydrogens is 178 g/mol. The van der Waals surface area contributed by atoms with E-state index in [1.807, 2.05) is 0 Å². The van der Waals surface area contributed by atoms with Gasteiger partial charge in [-0.25, -0.2) is 0 Å². The van der Waals surface area contributed by atoms with E-state index in [1.54, 1.807) is 0 Å². The van der Waals surface area contributed by atoms with Crippen molar-refractivity contribution in [3.05, 3.63) is 12.2 Å². The number of rotatable bonds is 1. The van der Waals surface area contributed by atoms with Gasteiger partial charge in [0.05, 0.1) is 5.54 Å². The van der Waals surface area contributed by atoms with Crippen molar-refractivity contribution in [1.82, 2.24) is 10.1 Å². The van der Waals surface area contributed by atoms with Gasteiger partial charge in [-0.05, 0) is 18.3 Å². The molecule has 4 nitrogen and oxygen atoms in total. The minimum absolute atomic E-state index is 0.384. The largest absolute Gasteiger partial charge is 0.343 e. The number of nitrogens with two attached hydrogens (primary N) is 1. The van der Waals surface area contributed by atoms with Crippen LogP contribution in [-0.2, 0) is 5.54 Å². The molecule has 1 heterocycles. The molecule has 2 rings (SSSR count). The molecule has 0 saturated heterocycles. The first-order valence-corrected chi connectivity index (χ1v) is 5.20. The van der Waals surface area contributed by atoms with Crippen LogP contribution in [0, 0.1) is 11.8 Å². The highest BCUT2D eigenvalue weighted by atomic mass is 16.5. The highest BCUT2D eigenvalue weighted by Crippen LogP contribution is 2.40. The van der Waals surface area contributed by atoms with E-state index in [-0.39, 0.29) is 5.54 Å². The maximum Gasteiger partial charge on any atom is 0.213 e. The normalized spacial score (nSPS) is 38.5. The zero-order chi connectivity index (χ0) is 10.2. The Morgan fingerprint density at radius 2 is 2.36 bits per heavy atom. The van der Waals surface area contributed by atoms with E-state index >= 15 is 0 Å². The Balaban J connectivity index is 2.30. The summed E-state index contributed by atoms with van der Waals surface area (Å²) in [4.78, 5) is 4.09. The molecule has 0 aromatic carbocycles. The van der Waals surface area contributed by atoms with Crippen LogP contribution < -0.4 is 5.73 Å². The molecule has 1 aliphatic carbocycles. The molecule has 1 aromatic rings. The lowest BCUT2D eigenvalue weighted by molar-refractivity contribution is 0.132. The topological polar surface area (TPSA) is 64.9 Å². The molecule has 1 fully saturated rings. The highest BCUT2D eigenvalue weighted by molar-refractivity contribution is 5.07. The maximum absolute atomic E-state index is 6.37. The first kappa shape index (κ1) is 9.65. The van der Waals surface area contributed by atoms with Crippen molar-refractivity contribution in [2.24, 2.45) is 17.6 Å². The average molecular weight is 195 g/mol. The molecule has 14 heavy (non-hydrogen) atoms. The molecule has 78 valence electrons. The molecule has 0 aliphatic heterocycles. The van der Waals surface area contributed by atoms with Crippen molar-refractivity contribution in [3.63, 3.8) is 0 Å². The second kappa shape index (κ2) is 3.35. The lowest BCUT2D eigenvalue weighted by atomic mass is 9.68. The zero-order valence-electron chi connectivity index (χ0n) is 8.73. The summed E-state index contributed by atoms with van der Waals surface area (Å²) < 4.78 is 4.78. The lowest BCUT2D eigenvalue weighted by Crippen LogP contribution is -2.48. The van der Waals surface area contributed by atoms with Crippen LogP contribution in [0.4, 0.5) is 0 Å². The fourth-order valence-corrected chi connectivity index (χ4v) is 2.39. The summed E-state index contributed by atoms with van der Waals surface area (Å²) in [7, 11) is 0. The van der Waals surface area contributed by atoms with Gasteiger partial charge in [0.1, 0.15) is 0 Å². The van der Waals surface area contributed by atoms with E-state index in [9.17, 15) is 0 Å². The molecule has 1 aliphatic rings. The molecule has 2 N–H and O–H groups in total. The van der Waals surface area contributed by atoms with Gasteiger partial charge in [-0.1, -0.05) is 31.8 Å². The SMILES string of the molecule is CC1CCCC(N)(c2ncon2)C1C. The van der Waals surface area contributed by atoms with Gasteiger partial charge in [0.2, 0.25) is 6.39 Å². The van der Waals surface area contributed by atoms with Gasteiger partial charge < -0.3 is 10.3 Å². The first-order chi connectivity index (χ1) is 6.64. The van der Waals surface area contributed by atoms with E-state index in [1.165, 1.54) is 12.8 Å². The average Bonchev–Trinajstić information content (AvgIpc) is 2.67. The Labute approximate surface area is 83.9 Å². The minimum Gasteiger partial charge on any atom is -0.343 e. The van der Waals surface area contributed by atoms with Gasteiger partial charge in [0.15, 0.2) is 5.82 Å². The summed E-state index contributed by atoms with van der Waals surface area (Å²) in [5.41, 5.74) is 5.99. The maximum atomic E-state index is 6.37. The third kappa shape index (κ3) is 1.34. The van der Waals surface area contributed by atoms with Crippen molar-refractivity contribution in [2.45, 2.75) is 38.6 Å². The Hall–Kier alpha value is -0.900. The van der Waals surface area contributed by atoms with Gasteiger partial charge in [-0.2, -0.15) is 4.98 Å². The van der Waals surface area contributed by atoms with Crippen molar-refractivity contribution in [1.29, 1.82) is 0 Å². The molecule has 3 atom stereocenters. The summed E-state index contributed by atoms with van der Waals surface area (Å²) >= 11 is 0. The molecule has 0 amide bonds. The van der Waals surface area contributed by atoms with E-state index in [0.717, 1.165) is 12.8 Å². The first-order valence-electron chi connectivity index (χ1n) is 5.20. The predicted octanol–water partition coefficient (Wildman–Crippen LogP) is 1.68. The highest BCUT2D eigenvalue weighted by Gasteiger charge is 2.42. The van der Waals surface area contributed by atoms with Crippen LogP contribution >= 0.6 is 0 Å². The van der Waals surface area contributed by atoms with E-state index in [4.69, 9.17) is 10.3 Å². The summed E-state index contributed by atoms with van der Waals surface area (Å²) in [6, 6.07) is 0. The fourth-order valence-electron chi connectivity index (χ4n) is 2.39. The number of nitrogens with zero attached hydrogens (tertiary/aromatic N) is 2. The van der Waals surface area contributed by atoms with Crippen LogP contribution in [0.25, 0.3) is 0 Å². The van der Waals surface area contributed by atoms with Gasteiger partial charge in [0.25, 0.3) is 0 Å². The van der Waals surface area contributed by atoms with E-state index in [0.29, 0.717) is 17.7 Å². The van der Waals surface area contributed by atoms with Gasteiger partial charge >= 0.3 is 0 Å². The summed E-state index contributed by atoms with van der Waals surface area (Å²) in [5, 5.41) is 3.89. The van der Waals surface area contributed by atoms with Crippen molar-refractivity contribution in [3.8, 4) is 0 Å². The lowest BCUT2D eigenvalue weighted by Gasteiger charge is -2.40. The number of aromatic nitrogens is 2. The Kier molecular flexibility index (Phi) is 2.31. The molecular formula is C10H17N3O. The van der Waals surface area contributed by atoms with Gasteiger partial charge in [-0.3, -0.25) is 0 Å². The third-order valence-electron chi connectivity index (χ3n) is 3.69. The van der Waals surface area contributed by atoms with E-state index < -0.39 is 0 Å². The quantitative estimate of drug-likeness (QED) is 0.740. The Bertz CT molecular complexity index is 298. The van der Waals surface area contributed by atoms with Gasteiger partial charge in [0, 0.05) is 0 Å². The second-order valence-electron chi connectivity index (χ2n) is 4.45. The molecule has 0 spiro atoms. The molecule has 0 radical (unpaired) electrons. The van der Waals surface area contributed by atoms with Crippen LogP contribution in [0.1, 0.15) is 38.9 Å². The Morgan fingerprint density at radius 3 is 3.00 bits per heavy atom. The second-order valence-corrected chi connectivity index (χ2v) is 4.45. The van der Waals surface area contributed by atoms with Crippen LogP contribution in [0.15, 0.2) is 10.9 Å². The van der Waals surface area contributed by atoms with Crippen molar-refractivity contribution < 1.29 is 4.52 Å². The molecule has 1 aromatic heterocycles. The zero-order valence-corrected chi connectivity index (χ0v) is 8.73. The monoisotopic (exact) mass is 195 g/mol. The minimum atomic E-state index is -0.384. The van der Waals surface area contributed by atoms with Crippen LogP contribution in [0.2, 0.25) is 0 Å². The summed E-state index contributed by atoms with van der Waals surface area (Å²) in [6.07, 6.45) is 4.71. The van der Waals surface area contributed by atoms with Crippen molar-refractivity contribution in [2.75, 3.05) is 0 Å². The summed E-state index contributed by atoms with van der Waals surface area (Å²) in [5.74, 6) is 1.71. The fraction of sp³-hybridized carbons (Fsp3) is 0.800. The standard InChI is InChI=1S/C10H17N3O/c1-7-4-3-5-10(11,8(7)2)9-12-6-14-13-9/h6-8H,3-5,11H2,1-2H3. The van der Waals surface area contributed by atoms with Crippen LogP contribution in [-0.4, -0.2) is 10.1 Å². The number of hydrogen-bond acceptors (Lipinski definition) is 4. The molecule has 0 bridgehead atoms. The predicted molar refractivity (Wildman–Crippen MR) is 52.3 cm³/mol. The molecule has 4 heteroatoms. The van der Waals surface area contributed by atoms with Gasteiger partial charge in [-0.15, -0.1) is 0 Å². The van der Waals surface area contributed by atoms with Crippen molar-refractivity contribution >= 4 is 0 Å².